The molecule has 0 heterocycles. The molecule has 2 aliphatic carbocycles. The number of rotatable bonds is 6. The van der Waals surface area contributed by atoms with E-state index in [2.05, 4.69) is 18.3 Å². The summed E-state index contributed by atoms with van der Waals surface area (Å²) in [6, 6.07) is 6.13. The molecule has 1 N–H and O–H groups in total. The van der Waals surface area contributed by atoms with Crippen molar-refractivity contribution in [3.8, 4) is 5.75 Å². The zero-order valence-corrected chi connectivity index (χ0v) is 13.0. The first-order valence-corrected chi connectivity index (χ1v) is 8.26. The lowest BCUT2D eigenvalue weighted by molar-refractivity contribution is 0.195. The first-order chi connectivity index (χ1) is 9.76. The average molecular weight is 294 g/mol. The summed E-state index contributed by atoms with van der Waals surface area (Å²) in [5.41, 5.74) is 1.21. The summed E-state index contributed by atoms with van der Waals surface area (Å²) in [5.74, 6) is 3.49. The SMILES string of the molecule is CCNCc1ccc(OCC2CC3CCC2C3)c(Cl)c1. The average Bonchev–Trinajstić information content (AvgIpc) is 3.06. The fourth-order valence-electron chi connectivity index (χ4n) is 3.82. The van der Waals surface area contributed by atoms with Crippen LogP contribution in [0, 0.1) is 17.8 Å². The predicted octanol–water partition coefficient (Wildman–Crippen LogP) is 4.26. The summed E-state index contributed by atoms with van der Waals surface area (Å²) < 4.78 is 5.98. The second-order valence-electron chi connectivity index (χ2n) is 6.29. The zero-order valence-electron chi connectivity index (χ0n) is 12.2. The monoisotopic (exact) mass is 293 g/mol. The molecule has 2 bridgehead atoms. The third kappa shape index (κ3) is 3.12. The molecule has 20 heavy (non-hydrogen) atoms. The summed E-state index contributed by atoms with van der Waals surface area (Å²) >= 11 is 6.32. The smallest absolute Gasteiger partial charge is 0.137 e. The van der Waals surface area contributed by atoms with E-state index in [1.807, 2.05) is 12.1 Å². The molecule has 0 aliphatic heterocycles. The Labute approximate surface area is 126 Å². The van der Waals surface area contributed by atoms with Crippen molar-refractivity contribution in [2.45, 2.75) is 39.2 Å². The van der Waals surface area contributed by atoms with Crippen LogP contribution in [0.15, 0.2) is 18.2 Å². The Morgan fingerprint density at radius 1 is 1.30 bits per heavy atom. The molecule has 0 radical (unpaired) electrons. The highest BCUT2D eigenvalue weighted by Crippen LogP contribution is 2.48. The minimum atomic E-state index is 0.739. The fourth-order valence-corrected chi connectivity index (χ4v) is 4.08. The predicted molar refractivity (Wildman–Crippen MR) is 83.3 cm³/mol. The zero-order chi connectivity index (χ0) is 13.9. The lowest BCUT2D eigenvalue weighted by atomic mass is 9.89. The highest BCUT2D eigenvalue weighted by molar-refractivity contribution is 6.32. The lowest BCUT2D eigenvalue weighted by Crippen LogP contribution is -2.18. The number of benzene rings is 1. The Kier molecular flexibility index (Phi) is 4.52. The molecule has 1 aromatic carbocycles. The van der Waals surface area contributed by atoms with Crippen molar-refractivity contribution in [1.82, 2.24) is 5.32 Å². The number of halogens is 1. The van der Waals surface area contributed by atoms with Crippen molar-refractivity contribution in [2.24, 2.45) is 17.8 Å². The van der Waals surface area contributed by atoms with Crippen LogP contribution in [0.4, 0.5) is 0 Å². The van der Waals surface area contributed by atoms with Crippen LogP contribution in [-0.4, -0.2) is 13.2 Å². The van der Waals surface area contributed by atoms with Crippen molar-refractivity contribution >= 4 is 11.6 Å². The number of nitrogens with one attached hydrogen (secondary N) is 1. The highest BCUT2D eigenvalue weighted by Gasteiger charge is 2.39. The van der Waals surface area contributed by atoms with E-state index >= 15 is 0 Å². The third-order valence-electron chi connectivity index (χ3n) is 4.91. The number of fused-ring (bicyclic) bond motifs is 2. The summed E-state index contributed by atoms with van der Waals surface area (Å²) in [7, 11) is 0. The Morgan fingerprint density at radius 3 is 2.85 bits per heavy atom. The molecular weight excluding hydrogens is 270 g/mol. The van der Waals surface area contributed by atoms with E-state index in [1.165, 1.54) is 31.2 Å². The Morgan fingerprint density at radius 2 is 2.20 bits per heavy atom. The standard InChI is InChI=1S/C17H24ClNO/c1-2-19-10-13-4-6-17(16(18)9-13)20-11-15-8-12-3-5-14(15)7-12/h4,6,9,12,14-15,19H,2-3,5,7-8,10-11H2,1H3. The molecule has 3 heteroatoms. The molecule has 3 atom stereocenters. The summed E-state index contributed by atoms with van der Waals surface area (Å²) in [6.45, 7) is 4.78. The molecule has 0 amide bonds. The van der Waals surface area contributed by atoms with Gasteiger partial charge in [-0.05, 0) is 61.3 Å². The molecule has 2 saturated carbocycles. The van der Waals surface area contributed by atoms with E-state index in [1.54, 1.807) is 0 Å². The van der Waals surface area contributed by atoms with E-state index in [0.717, 1.165) is 48.2 Å². The van der Waals surface area contributed by atoms with Crippen molar-refractivity contribution in [1.29, 1.82) is 0 Å². The Hall–Kier alpha value is -0.730. The van der Waals surface area contributed by atoms with Crippen molar-refractivity contribution in [3.05, 3.63) is 28.8 Å². The molecule has 3 rings (SSSR count). The highest BCUT2D eigenvalue weighted by atomic mass is 35.5. The summed E-state index contributed by atoms with van der Waals surface area (Å²) in [4.78, 5) is 0. The van der Waals surface area contributed by atoms with E-state index < -0.39 is 0 Å². The van der Waals surface area contributed by atoms with E-state index in [9.17, 15) is 0 Å². The molecule has 3 unspecified atom stereocenters. The van der Waals surface area contributed by atoms with Crippen LogP contribution in [0.5, 0.6) is 5.75 Å². The number of ether oxygens (including phenoxy) is 1. The number of hydrogen-bond acceptors (Lipinski definition) is 2. The van der Waals surface area contributed by atoms with Gasteiger partial charge in [0.25, 0.3) is 0 Å². The Balaban J connectivity index is 1.55. The molecule has 2 fully saturated rings. The maximum Gasteiger partial charge on any atom is 0.137 e. The van der Waals surface area contributed by atoms with Crippen LogP contribution in [0.25, 0.3) is 0 Å². The molecule has 0 aromatic heterocycles. The molecule has 0 spiro atoms. The maximum atomic E-state index is 6.32. The first kappa shape index (κ1) is 14.2. The quantitative estimate of drug-likeness (QED) is 0.846. The van der Waals surface area contributed by atoms with Crippen LogP contribution in [-0.2, 0) is 6.54 Å². The van der Waals surface area contributed by atoms with Crippen molar-refractivity contribution < 1.29 is 4.74 Å². The van der Waals surface area contributed by atoms with Gasteiger partial charge in [-0.25, -0.2) is 0 Å². The van der Waals surface area contributed by atoms with Gasteiger partial charge in [0.2, 0.25) is 0 Å². The van der Waals surface area contributed by atoms with Gasteiger partial charge in [-0.2, -0.15) is 0 Å². The van der Waals surface area contributed by atoms with E-state index in [-0.39, 0.29) is 0 Å². The van der Waals surface area contributed by atoms with Gasteiger partial charge in [-0.15, -0.1) is 0 Å². The van der Waals surface area contributed by atoms with Gasteiger partial charge in [0, 0.05) is 6.54 Å². The molecule has 1 aromatic rings. The van der Waals surface area contributed by atoms with E-state index in [4.69, 9.17) is 16.3 Å². The summed E-state index contributed by atoms with van der Waals surface area (Å²) in [5, 5.41) is 4.05. The molecule has 2 nitrogen and oxygen atoms in total. The van der Waals surface area contributed by atoms with Gasteiger partial charge in [0.15, 0.2) is 0 Å². The van der Waals surface area contributed by atoms with Crippen molar-refractivity contribution in [2.75, 3.05) is 13.2 Å². The number of hydrogen-bond donors (Lipinski definition) is 1. The third-order valence-corrected chi connectivity index (χ3v) is 5.21. The topological polar surface area (TPSA) is 21.3 Å². The van der Waals surface area contributed by atoms with Crippen LogP contribution in [0.3, 0.4) is 0 Å². The lowest BCUT2D eigenvalue weighted by Gasteiger charge is -2.22. The molecular formula is C17H24ClNO. The van der Waals surface area contributed by atoms with Crippen molar-refractivity contribution in [3.63, 3.8) is 0 Å². The van der Waals surface area contributed by atoms with Crippen LogP contribution < -0.4 is 10.1 Å². The van der Waals surface area contributed by atoms with Gasteiger partial charge < -0.3 is 10.1 Å². The normalized spacial score (nSPS) is 28.0. The largest absolute Gasteiger partial charge is 0.492 e. The van der Waals surface area contributed by atoms with Crippen LogP contribution >= 0.6 is 11.6 Å². The van der Waals surface area contributed by atoms with Crippen LogP contribution in [0.1, 0.15) is 38.2 Å². The van der Waals surface area contributed by atoms with Gasteiger partial charge in [-0.1, -0.05) is 31.0 Å². The molecule has 2 aliphatic rings. The van der Waals surface area contributed by atoms with Crippen LogP contribution in [0.2, 0.25) is 5.02 Å². The van der Waals surface area contributed by atoms with Gasteiger partial charge in [0.1, 0.15) is 5.75 Å². The van der Waals surface area contributed by atoms with Gasteiger partial charge >= 0.3 is 0 Å². The second kappa shape index (κ2) is 6.36. The van der Waals surface area contributed by atoms with E-state index in [0.29, 0.717) is 0 Å². The maximum absolute atomic E-state index is 6.32. The first-order valence-electron chi connectivity index (χ1n) is 7.88. The minimum Gasteiger partial charge on any atom is -0.492 e. The fraction of sp³-hybridized carbons (Fsp3) is 0.647. The Bertz CT molecular complexity index is 462. The van der Waals surface area contributed by atoms with Gasteiger partial charge in [0.05, 0.1) is 11.6 Å². The molecule has 110 valence electrons. The molecule has 0 saturated heterocycles. The van der Waals surface area contributed by atoms with Gasteiger partial charge in [-0.3, -0.25) is 0 Å². The summed E-state index contributed by atoms with van der Waals surface area (Å²) in [6.07, 6.45) is 5.65. The minimum absolute atomic E-state index is 0.739. The second-order valence-corrected chi connectivity index (χ2v) is 6.70.